The Morgan fingerprint density at radius 1 is 0.459 bits per heavy atom. The van der Waals surface area contributed by atoms with Crippen LogP contribution in [0.5, 0.6) is 0 Å². The van der Waals surface area contributed by atoms with Crippen molar-refractivity contribution < 1.29 is 47.8 Å². The summed E-state index contributed by atoms with van der Waals surface area (Å²) in [5.41, 5.74) is 11.0. The average Bonchev–Trinajstić information content (AvgIpc) is 3.23. The van der Waals surface area contributed by atoms with E-state index in [4.69, 9.17) is 20.9 Å². The van der Waals surface area contributed by atoms with E-state index in [1.165, 1.54) is 0 Å². The monoisotopic (exact) mass is 868 g/mol. The van der Waals surface area contributed by atoms with Gasteiger partial charge in [-0.15, -0.1) is 0 Å². The second-order valence-corrected chi connectivity index (χ2v) is 15.7. The van der Waals surface area contributed by atoms with Crippen LogP contribution in [0.3, 0.4) is 0 Å². The van der Waals surface area contributed by atoms with E-state index >= 15 is 0 Å². The molecular formula is C44H81N7O10. The molecule has 0 heterocycles. The van der Waals surface area contributed by atoms with E-state index < -0.39 is 89.9 Å². The Balaban J connectivity index is 6.30. The highest BCUT2D eigenvalue weighted by atomic mass is 16.5. The first-order valence-electron chi connectivity index (χ1n) is 22.9. The van der Waals surface area contributed by atoms with Crippen molar-refractivity contribution >= 4 is 47.0 Å². The third kappa shape index (κ3) is 30.0. The molecule has 0 spiro atoms. The molecule has 0 aliphatic heterocycles. The summed E-state index contributed by atoms with van der Waals surface area (Å²) in [5, 5.41) is 14.4. The molecule has 352 valence electrons. The molecule has 0 bridgehead atoms. The average molecular weight is 868 g/mol. The zero-order chi connectivity index (χ0) is 45.7. The van der Waals surface area contributed by atoms with Crippen LogP contribution in [-0.4, -0.2) is 119 Å². The number of esters is 2. The Morgan fingerprint density at radius 2 is 0.951 bits per heavy atom. The summed E-state index contributed by atoms with van der Waals surface area (Å²) in [6, 6.07) is 0. The molecule has 4 unspecified atom stereocenters. The highest BCUT2D eigenvalue weighted by Gasteiger charge is 2.34. The summed E-state index contributed by atoms with van der Waals surface area (Å²) in [6.07, 6.45) is 5.41. The number of hydrogen-bond acceptors (Lipinski definition) is 14. The maximum absolute atomic E-state index is 14.1. The van der Waals surface area contributed by atoms with Crippen molar-refractivity contribution in [2.24, 2.45) is 35.1 Å². The van der Waals surface area contributed by atoms with Crippen LogP contribution in [0.25, 0.3) is 0 Å². The molecule has 4 atom stereocenters. The molecule has 17 heteroatoms. The molecule has 3 amide bonds. The molecule has 17 nitrogen and oxygen atoms in total. The lowest BCUT2D eigenvalue weighted by atomic mass is 9.83. The summed E-state index contributed by atoms with van der Waals surface area (Å²) in [5.74, 6) is -8.29. The van der Waals surface area contributed by atoms with Gasteiger partial charge in [-0.25, -0.2) is 0 Å². The lowest BCUT2D eigenvalue weighted by Gasteiger charge is -2.21. The molecule has 0 saturated carbocycles. The number of rotatable bonds is 41. The molecule has 0 radical (unpaired) electrons. The Kier molecular flexibility index (Phi) is 35.6. The van der Waals surface area contributed by atoms with Gasteiger partial charge in [0.25, 0.3) is 0 Å². The van der Waals surface area contributed by atoms with Crippen molar-refractivity contribution in [3.05, 3.63) is 0 Å². The van der Waals surface area contributed by atoms with Gasteiger partial charge < -0.3 is 47.5 Å². The summed E-state index contributed by atoms with van der Waals surface area (Å²) < 4.78 is 10.8. The minimum absolute atomic E-state index is 0.156. The Morgan fingerprint density at radius 3 is 1.52 bits per heavy atom. The smallest absolute Gasteiger partial charge is 0.309 e. The van der Waals surface area contributed by atoms with E-state index in [0.29, 0.717) is 78.0 Å². The molecule has 0 fully saturated rings. The van der Waals surface area contributed by atoms with Crippen molar-refractivity contribution in [1.82, 2.24) is 26.6 Å². The van der Waals surface area contributed by atoms with E-state index in [-0.39, 0.29) is 45.4 Å². The third-order valence-electron chi connectivity index (χ3n) is 10.2. The number of ketones is 3. The van der Waals surface area contributed by atoms with Gasteiger partial charge in [0.05, 0.1) is 37.4 Å². The molecule has 0 saturated heterocycles. The maximum Gasteiger partial charge on any atom is 0.309 e. The van der Waals surface area contributed by atoms with Gasteiger partial charge in [0.2, 0.25) is 17.7 Å². The molecule has 0 aromatic heterocycles. The number of nitrogens with one attached hydrogen (secondary N) is 5. The first kappa shape index (κ1) is 57.2. The number of carbonyl (C=O) groups is 8. The van der Waals surface area contributed by atoms with Gasteiger partial charge in [0.1, 0.15) is 17.3 Å². The zero-order valence-electron chi connectivity index (χ0n) is 37.8. The predicted molar refractivity (Wildman–Crippen MR) is 235 cm³/mol. The second-order valence-electron chi connectivity index (χ2n) is 15.7. The van der Waals surface area contributed by atoms with E-state index in [2.05, 4.69) is 33.5 Å². The zero-order valence-corrected chi connectivity index (χ0v) is 37.8. The van der Waals surface area contributed by atoms with Crippen molar-refractivity contribution in [2.45, 2.75) is 137 Å². The molecule has 0 rings (SSSR count). The summed E-state index contributed by atoms with van der Waals surface area (Å²) in [4.78, 5) is 107. The van der Waals surface area contributed by atoms with Gasteiger partial charge in [-0.2, -0.15) is 0 Å². The van der Waals surface area contributed by atoms with Crippen LogP contribution >= 0.6 is 0 Å². The van der Waals surface area contributed by atoms with Crippen molar-refractivity contribution in [3.63, 3.8) is 0 Å². The number of Topliss-reactive ketones (excluding diaryl/α,β-unsaturated/α-hetero) is 3. The fraction of sp³-hybridized carbons (Fsp3) is 0.818. The van der Waals surface area contributed by atoms with Crippen LogP contribution in [-0.2, 0) is 47.8 Å². The van der Waals surface area contributed by atoms with Crippen LogP contribution in [0.15, 0.2) is 0 Å². The lowest BCUT2D eigenvalue weighted by Crippen LogP contribution is -2.40. The first-order valence-corrected chi connectivity index (χ1v) is 22.9. The normalized spacial score (nSPS) is 13.0. The quantitative estimate of drug-likeness (QED) is 0.0344. The minimum atomic E-state index is -1.20. The van der Waals surface area contributed by atoms with Crippen LogP contribution in [0.2, 0.25) is 0 Å². The highest BCUT2D eigenvalue weighted by molar-refractivity contribution is 5.96. The maximum atomic E-state index is 14.1. The lowest BCUT2D eigenvalue weighted by molar-refractivity contribution is -0.151. The minimum Gasteiger partial charge on any atom is -0.466 e. The largest absolute Gasteiger partial charge is 0.466 e. The SMILES string of the molecule is CCCCCCOC(=O)CC(CC(=O)CC(CC)C(=O)OCCCCC)C(=O)CC(CC(=O)CC(CC(=O)NCCNCCN)C(=O)NCCCC)C(=O)NCCNCCN. The number of hydrogen-bond donors (Lipinski definition) is 7. The van der Waals surface area contributed by atoms with Crippen molar-refractivity contribution in [1.29, 1.82) is 0 Å². The molecule has 0 aromatic rings. The van der Waals surface area contributed by atoms with Crippen LogP contribution < -0.4 is 38.1 Å². The van der Waals surface area contributed by atoms with Gasteiger partial charge in [-0.05, 0) is 25.7 Å². The van der Waals surface area contributed by atoms with Crippen LogP contribution in [0, 0.1) is 23.7 Å². The third-order valence-corrected chi connectivity index (χ3v) is 10.2. The molecule has 9 N–H and O–H groups in total. The van der Waals surface area contributed by atoms with E-state index in [1.807, 2.05) is 13.8 Å². The fourth-order valence-corrected chi connectivity index (χ4v) is 6.49. The van der Waals surface area contributed by atoms with Crippen LogP contribution in [0.4, 0.5) is 0 Å². The fourth-order valence-electron chi connectivity index (χ4n) is 6.49. The topological polar surface area (TPSA) is 267 Å². The highest BCUT2D eigenvalue weighted by Crippen LogP contribution is 2.24. The number of unbranched alkanes of at least 4 members (excludes halogenated alkanes) is 6. The van der Waals surface area contributed by atoms with E-state index in [1.54, 1.807) is 6.92 Å². The first-order chi connectivity index (χ1) is 29.4. The summed E-state index contributed by atoms with van der Waals surface area (Å²) >= 11 is 0. The number of amides is 3. The Labute approximate surface area is 364 Å². The number of nitrogens with two attached hydrogens (primary N) is 2. The van der Waals surface area contributed by atoms with Crippen LogP contribution in [0.1, 0.15) is 137 Å². The van der Waals surface area contributed by atoms with E-state index in [9.17, 15) is 38.4 Å². The summed E-state index contributed by atoms with van der Waals surface area (Å²) in [6.45, 7) is 11.8. The molecule has 0 aliphatic rings. The molecule has 0 aromatic carbocycles. The van der Waals surface area contributed by atoms with Gasteiger partial charge in [0.15, 0.2) is 0 Å². The van der Waals surface area contributed by atoms with Crippen molar-refractivity contribution in [2.75, 3.05) is 72.1 Å². The van der Waals surface area contributed by atoms with Gasteiger partial charge in [-0.3, -0.25) is 38.4 Å². The predicted octanol–water partition coefficient (Wildman–Crippen LogP) is 2.40. The second kappa shape index (κ2) is 37.9. The Bertz CT molecular complexity index is 1280. The Hall–Kier alpha value is -3.80. The molecular weight excluding hydrogens is 787 g/mol. The van der Waals surface area contributed by atoms with Gasteiger partial charge >= 0.3 is 11.9 Å². The van der Waals surface area contributed by atoms with E-state index in [0.717, 1.165) is 38.5 Å². The summed E-state index contributed by atoms with van der Waals surface area (Å²) in [7, 11) is 0. The van der Waals surface area contributed by atoms with Gasteiger partial charge in [0, 0.05) is 103 Å². The standard InChI is InChI=1S/C44H81N7O10/c1-5-9-12-14-24-60-41(56)32-34(27-37(52)26-33(8-4)44(59)61-25-13-10-6-2)39(54)30-35(42(57)51-23-21-48-19-16-46)28-38(53)29-36(43(58)50-17-11-7-3)31-40(55)49-22-20-47-18-15-45/h33-36,47-48H,5-32,45-46H2,1-4H3,(H,49,55)(H,50,58)(H,51,57). The number of ether oxygens (including phenoxy) is 2. The van der Waals surface area contributed by atoms with Crippen molar-refractivity contribution in [3.8, 4) is 0 Å². The molecule has 61 heavy (non-hydrogen) atoms. The molecule has 0 aliphatic carbocycles. The number of carbonyl (C=O) groups excluding carboxylic acids is 8. The van der Waals surface area contributed by atoms with Gasteiger partial charge in [-0.1, -0.05) is 66.2 Å².